The number of carboxylic acids is 1. The Labute approximate surface area is 203 Å². The second-order valence-corrected chi connectivity index (χ2v) is 10.2. The molecule has 188 valence electrons. The third-order valence-corrected chi connectivity index (χ3v) is 8.01. The minimum absolute atomic E-state index is 0.201. The Morgan fingerprint density at radius 2 is 1.74 bits per heavy atom. The molecule has 2 amide bonds. The Bertz CT molecular complexity index is 1200. The van der Waals surface area contributed by atoms with Crippen molar-refractivity contribution in [2.24, 2.45) is 18.9 Å². The van der Waals surface area contributed by atoms with Crippen molar-refractivity contribution in [3.05, 3.63) is 28.7 Å². The van der Waals surface area contributed by atoms with E-state index in [2.05, 4.69) is 15.1 Å². The van der Waals surface area contributed by atoms with Crippen LogP contribution in [0.2, 0.25) is 0 Å². The second-order valence-electron chi connectivity index (χ2n) is 10.2. The van der Waals surface area contributed by atoms with Crippen LogP contribution in [0.15, 0.2) is 23.0 Å². The zero-order valence-electron chi connectivity index (χ0n) is 20.1. The molecule has 1 unspecified atom stereocenters. The maximum Gasteiger partial charge on any atom is 0.329 e. The van der Waals surface area contributed by atoms with E-state index in [1.807, 2.05) is 18.2 Å². The number of rotatable bonds is 5. The average Bonchev–Trinajstić information content (AvgIpc) is 3.10. The lowest BCUT2D eigenvalue weighted by Gasteiger charge is -2.38. The van der Waals surface area contributed by atoms with Crippen LogP contribution in [0.1, 0.15) is 44.6 Å². The van der Waals surface area contributed by atoms with Gasteiger partial charge in [0.25, 0.3) is 0 Å². The number of piperidine rings is 3. The van der Waals surface area contributed by atoms with Crippen molar-refractivity contribution in [2.45, 2.75) is 44.6 Å². The van der Waals surface area contributed by atoms with Crippen LogP contribution in [0.4, 0.5) is 5.69 Å². The average molecular weight is 484 g/mol. The van der Waals surface area contributed by atoms with Crippen LogP contribution < -0.4 is 15.9 Å². The van der Waals surface area contributed by atoms with Gasteiger partial charge in [0.2, 0.25) is 11.8 Å². The molecule has 0 aliphatic carbocycles. The Morgan fingerprint density at radius 1 is 1.03 bits per heavy atom. The minimum Gasteiger partial charge on any atom is -0.481 e. The molecule has 3 saturated heterocycles. The lowest BCUT2D eigenvalue weighted by Crippen LogP contribution is -2.44. The fourth-order valence-electron chi connectivity index (χ4n) is 5.99. The largest absolute Gasteiger partial charge is 0.481 e. The number of nitrogens with zero attached hydrogens (tertiary/aromatic N) is 4. The van der Waals surface area contributed by atoms with Crippen LogP contribution >= 0.6 is 0 Å². The molecule has 3 aliphatic heterocycles. The summed E-state index contributed by atoms with van der Waals surface area (Å²) < 4.78 is 3.15. The standard InChI is InChI=1S/C25H33N5O5/c1-27-22-18(3-2-4-19(22)30(25(27)35)20-5-6-21(31)26-23(20)32)29-13-7-16(8-14-29)15-28-11-9-17(10-12-28)24(33)34/h2-4,16-17,20H,5-15H2,1H3,(H,33,34)(H,26,31,32). The number of para-hydroxylation sites is 1. The van der Waals surface area contributed by atoms with Crippen molar-refractivity contribution >= 4 is 34.5 Å². The van der Waals surface area contributed by atoms with E-state index in [9.17, 15) is 24.3 Å². The highest BCUT2D eigenvalue weighted by atomic mass is 16.4. The molecule has 5 rings (SSSR count). The predicted molar refractivity (Wildman–Crippen MR) is 130 cm³/mol. The van der Waals surface area contributed by atoms with Crippen LogP contribution in [0.5, 0.6) is 0 Å². The third-order valence-electron chi connectivity index (χ3n) is 8.01. The van der Waals surface area contributed by atoms with Crippen LogP contribution in [0.3, 0.4) is 0 Å². The normalized spacial score (nSPS) is 23.1. The number of fused-ring (bicyclic) bond motifs is 1. The first-order chi connectivity index (χ1) is 16.8. The van der Waals surface area contributed by atoms with E-state index in [0.29, 0.717) is 17.9 Å². The smallest absolute Gasteiger partial charge is 0.329 e. The molecule has 1 atom stereocenters. The van der Waals surface area contributed by atoms with E-state index < -0.39 is 17.9 Å². The molecule has 4 heterocycles. The maximum absolute atomic E-state index is 13.2. The summed E-state index contributed by atoms with van der Waals surface area (Å²) in [4.78, 5) is 53.2. The number of carbonyl (C=O) groups is 3. The van der Waals surface area contributed by atoms with Crippen molar-refractivity contribution in [3.63, 3.8) is 0 Å². The molecule has 2 N–H and O–H groups in total. The summed E-state index contributed by atoms with van der Waals surface area (Å²) in [5.74, 6) is -1.02. The van der Waals surface area contributed by atoms with Gasteiger partial charge in [-0.1, -0.05) is 6.07 Å². The number of imide groups is 1. The molecule has 2 aromatic rings. The topological polar surface area (TPSA) is 117 Å². The van der Waals surface area contributed by atoms with Crippen molar-refractivity contribution in [1.82, 2.24) is 19.4 Å². The minimum atomic E-state index is -0.685. The van der Waals surface area contributed by atoms with E-state index >= 15 is 0 Å². The highest BCUT2D eigenvalue weighted by molar-refractivity contribution is 6.00. The van der Waals surface area contributed by atoms with E-state index in [4.69, 9.17) is 0 Å². The molecule has 1 aromatic heterocycles. The number of benzene rings is 1. The maximum atomic E-state index is 13.2. The van der Waals surface area contributed by atoms with Crippen molar-refractivity contribution in [2.75, 3.05) is 37.6 Å². The first-order valence-electron chi connectivity index (χ1n) is 12.6. The molecular formula is C25H33N5O5. The molecule has 0 bridgehead atoms. The Kier molecular flexibility index (Phi) is 6.39. The monoisotopic (exact) mass is 483 g/mol. The van der Waals surface area contributed by atoms with Gasteiger partial charge in [0.15, 0.2) is 0 Å². The van der Waals surface area contributed by atoms with Gasteiger partial charge in [-0.25, -0.2) is 4.79 Å². The van der Waals surface area contributed by atoms with Gasteiger partial charge in [-0.2, -0.15) is 0 Å². The highest BCUT2D eigenvalue weighted by Gasteiger charge is 2.33. The summed E-state index contributed by atoms with van der Waals surface area (Å²) in [7, 11) is 1.74. The molecule has 0 radical (unpaired) electrons. The van der Waals surface area contributed by atoms with Crippen LogP contribution in [-0.2, 0) is 21.4 Å². The van der Waals surface area contributed by atoms with E-state index in [1.165, 1.54) is 4.57 Å². The molecule has 10 nitrogen and oxygen atoms in total. The molecular weight excluding hydrogens is 450 g/mol. The number of aliphatic carboxylic acids is 1. The Balaban J connectivity index is 1.30. The fraction of sp³-hybridized carbons (Fsp3) is 0.600. The van der Waals surface area contributed by atoms with Gasteiger partial charge in [-0.05, 0) is 63.2 Å². The number of aryl methyl sites for hydroxylation is 1. The number of carbonyl (C=O) groups excluding carboxylic acids is 2. The lowest BCUT2D eigenvalue weighted by molar-refractivity contribution is -0.143. The van der Waals surface area contributed by atoms with Gasteiger partial charge < -0.3 is 14.9 Å². The molecule has 10 heteroatoms. The van der Waals surface area contributed by atoms with Gasteiger partial charge in [-0.3, -0.25) is 28.8 Å². The van der Waals surface area contributed by atoms with Gasteiger partial charge in [0.05, 0.1) is 22.6 Å². The molecule has 3 aliphatic rings. The van der Waals surface area contributed by atoms with Crippen molar-refractivity contribution in [1.29, 1.82) is 0 Å². The Morgan fingerprint density at radius 3 is 2.40 bits per heavy atom. The van der Waals surface area contributed by atoms with Crippen LogP contribution in [0.25, 0.3) is 11.0 Å². The lowest BCUT2D eigenvalue weighted by atomic mass is 9.92. The molecule has 1 aromatic carbocycles. The number of nitrogens with one attached hydrogen (secondary N) is 1. The van der Waals surface area contributed by atoms with Crippen molar-refractivity contribution in [3.8, 4) is 0 Å². The highest BCUT2D eigenvalue weighted by Crippen LogP contribution is 2.32. The van der Waals surface area contributed by atoms with Gasteiger partial charge in [-0.15, -0.1) is 0 Å². The Hall–Kier alpha value is -3.14. The van der Waals surface area contributed by atoms with Crippen LogP contribution in [-0.4, -0.2) is 69.6 Å². The number of likely N-dealkylation sites (tertiary alicyclic amines) is 1. The van der Waals surface area contributed by atoms with Crippen molar-refractivity contribution < 1.29 is 19.5 Å². The number of amides is 2. The number of imidazole rings is 1. The quantitative estimate of drug-likeness (QED) is 0.616. The van der Waals surface area contributed by atoms with E-state index in [1.54, 1.807) is 11.6 Å². The summed E-state index contributed by atoms with van der Waals surface area (Å²) in [6.45, 7) is 4.48. The van der Waals surface area contributed by atoms with Gasteiger partial charge in [0, 0.05) is 33.1 Å². The molecule has 35 heavy (non-hydrogen) atoms. The summed E-state index contributed by atoms with van der Waals surface area (Å²) in [5.41, 5.74) is 2.28. The number of carboxylic acid groups (broad SMARTS) is 1. The first kappa shape index (κ1) is 23.6. The summed E-state index contributed by atoms with van der Waals surface area (Å²) in [5, 5.41) is 11.6. The van der Waals surface area contributed by atoms with E-state index in [-0.39, 0.29) is 23.9 Å². The summed E-state index contributed by atoms with van der Waals surface area (Å²) in [6, 6.07) is 5.15. The summed E-state index contributed by atoms with van der Waals surface area (Å²) >= 11 is 0. The predicted octanol–water partition coefficient (Wildman–Crippen LogP) is 1.33. The van der Waals surface area contributed by atoms with Gasteiger partial charge >= 0.3 is 11.7 Å². The number of hydrogen-bond acceptors (Lipinski definition) is 6. The number of anilines is 1. The van der Waals surface area contributed by atoms with Gasteiger partial charge in [0.1, 0.15) is 6.04 Å². The third kappa shape index (κ3) is 4.47. The zero-order chi connectivity index (χ0) is 24.7. The first-order valence-corrected chi connectivity index (χ1v) is 12.6. The molecule has 3 fully saturated rings. The molecule has 0 saturated carbocycles. The number of aromatic nitrogens is 2. The number of hydrogen-bond donors (Lipinski definition) is 2. The van der Waals surface area contributed by atoms with E-state index in [0.717, 1.165) is 69.6 Å². The second kappa shape index (κ2) is 9.49. The summed E-state index contributed by atoms with van der Waals surface area (Å²) in [6.07, 6.45) is 4.08. The fourth-order valence-corrected chi connectivity index (χ4v) is 5.99. The SMILES string of the molecule is Cn1c(=O)n(C2CCC(=O)NC2=O)c2cccc(N3CCC(CN4CCC(C(=O)O)CC4)CC3)c21. The zero-order valence-corrected chi connectivity index (χ0v) is 20.1. The van der Waals surface area contributed by atoms with Crippen LogP contribution in [0, 0.1) is 11.8 Å². The molecule has 0 spiro atoms.